The van der Waals surface area contributed by atoms with Crippen molar-refractivity contribution in [2.75, 3.05) is 30.4 Å². The second-order valence-electron chi connectivity index (χ2n) is 10.0. The third-order valence-corrected chi connectivity index (χ3v) is 10.8. The molecule has 0 spiro atoms. The Bertz CT molecular complexity index is 1370. The summed E-state index contributed by atoms with van der Waals surface area (Å²) in [5.41, 5.74) is 2.71. The first kappa shape index (κ1) is 22.0. The Kier molecular flexibility index (Phi) is 5.18. The van der Waals surface area contributed by atoms with Gasteiger partial charge < -0.3 is 9.64 Å². The monoisotopic (exact) mass is 480 g/mol. The first-order valence-electron chi connectivity index (χ1n) is 12.3. The zero-order valence-corrected chi connectivity index (χ0v) is 20.9. The summed E-state index contributed by atoms with van der Waals surface area (Å²) in [6.45, 7) is 8.33. The summed E-state index contributed by atoms with van der Waals surface area (Å²) in [7, 11) is -2.42. The van der Waals surface area contributed by atoms with Gasteiger partial charge in [-0.15, -0.1) is 0 Å². The van der Waals surface area contributed by atoms with Gasteiger partial charge in [-0.05, 0) is 58.6 Å². The number of morpholine rings is 1. The van der Waals surface area contributed by atoms with Crippen LogP contribution >= 0.6 is 0 Å². The summed E-state index contributed by atoms with van der Waals surface area (Å²) in [6.07, 6.45) is 3.83. The van der Waals surface area contributed by atoms with Gasteiger partial charge in [0.1, 0.15) is 11.6 Å². The molecular weight excluding hydrogens is 448 g/mol. The number of aryl methyl sites for hydroxylation is 1. The normalized spacial score (nSPS) is 29.6. The van der Waals surface area contributed by atoms with Crippen LogP contribution in [-0.2, 0) is 19.2 Å². The number of hydrogen-bond acceptors (Lipinski definition) is 7. The number of ether oxygens (including phenoxy) is 1. The van der Waals surface area contributed by atoms with E-state index in [1.807, 2.05) is 35.8 Å². The van der Waals surface area contributed by atoms with Gasteiger partial charge in [0.25, 0.3) is 0 Å². The Morgan fingerprint density at radius 2 is 2.03 bits per heavy atom. The molecule has 4 heterocycles. The molecule has 3 fully saturated rings. The van der Waals surface area contributed by atoms with E-state index in [-0.39, 0.29) is 12.1 Å². The van der Waals surface area contributed by atoms with Gasteiger partial charge in [0.15, 0.2) is 0 Å². The summed E-state index contributed by atoms with van der Waals surface area (Å²) < 4.78 is 26.2. The van der Waals surface area contributed by atoms with Gasteiger partial charge in [0, 0.05) is 18.4 Å². The average molecular weight is 481 g/mol. The largest absolute Gasteiger partial charge is 0.377 e. The van der Waals surface area contributed by atoms with Crippen LogP contribution in [0.25, 0.3) is 17.0 Å². The number of hydrogen-bond donors (Lipinski definition) is 0. The molecular formula is C25H32N6O2S. The number of anilines is 1. The van der Waals surface area contributed by atoms with Crippen LogP contribution in [0, 0.1) is 6.92 Å². The SMILES string of the molecule is Cc1nc2ccccc2n1-c1nc(N2CCOC[C@H]2C)cc([C@]2(C)CCCS2(=O)=NC2CC2)n1. The zero-order chi connectivity index (χ0) is 23.5. The predicted molar refractivity (Wildman–Crippen MR) is 134 cm³/mol. The maximum Gasteiger partial charge on any atom is 0.237 e. The summed E-state index contributed by atoms with van der Waals surface area (Å²) in [4.78, 5) is 17.2. The number of benzene rings is 1. The molecule has 3 aliphatic rings. The molecule has 0 amide bonds. The van der Waals surface area contributed by atoms with Crippen molar-refractivity contribution in [3.63, 3.8) is 0 Å². The third-order valence-electron chi connectivity index (χ3n) is 7.48. The first-order chi connectivity index (χ1) is 16.4. The predicted octanol–water partition coefficient (Wildman–Crippen LogP) is 3.99. The van der Waals surface area contributed by atoms with Crippen molar-refractivity contribution in [1.29, 1.82) is 0 Å². The topological polar surface area (TPSA) is 85.5 Å². The van der Waals surface area contributed by atoms with E-state index in [0.29, 0.717) is 24.9 Å². The van der Waals surface area contributed by atoms with Crippen LogP contribution in [0.15, 0.2) is 34.7 Å². The van der Waals surface area contributed by atoms with Crippen LogP contribution in [0.4, 0.5) is 5.82 Å². The lowest BCUT2D eigenvalue weighted by Crippen LogP contribution is -2.44. The molecule has 0 N–H and O–H groups in total. The summed E-state index contributed by atoms with van der Waals surface area (Å²) in [5.74, 6) is 2.92. The molecule has 1 aromatic carbocycles. The molecule has 6 rings (SSSR count). The van der Waals surface area contributed by atoms with Crippen LogP contribution in [0.5, 0.6) is 0 Å². The average Bonchev–Trinajstić information content (AvgIpc) is 3.49. The van der Waals surface area contributed by atoms with Crippen LogP contribution < -0.4 is 4.90 Å². The van der Waals surface area contributed by atoms with Crippen molar-refractivity contribution in [2.45, 2.75) is 63.3 Å². The lowest BCUT2D eigenvalue weighted by molar-refractivity contribution is 0.0985. The second kappa shape index (κ2) is 8.02. The van der Waals surface area contributed by atoms with E-state index in [9.17, 15) is 4.21 Å². The molecule has 0 bridgehead atoms. The fraction of sp³-hybridized carbons (Fsp3) is 0.560. The van der Waals surface area contributed by atoms with Gasteiger partial charge in [0.2, 0.25) is 5.95 Å². The Morgan fingerprint density at radius 3 is 2.82 bits per heavy atom. The molecule has 1 aliphatic carbocycles. The number of imidazole rings is 1. The van der Waals surface area contributed by atoms with Gasteiger partial charge in [-0.1, -0.05) is 12.1 Å². The molecule has 2 aliphatic heterocycles. The fourth-order valence-electron chi connectivity index (χ4n) is 5.28. The van der Waals surface area contributed by atoms with E-state index in [0.717, 1.165) is 60.6 Å². The molecule has 180 valence electrons. The quantitative estimate of drug-likeness (QED) is 0.561. The lowest BCUT2D eigenvalue weighted by Gasteiger charge is -2.35. The molecule has 1 saturated carbocycles. The summed E-state index contributed by atoms with van der Waals surface area (Å²) in [5, 5.41) is 0. The van der Waals surface area contributed by atoms with Gasteiger partial charge in [-0.3, -0.25) is 4.57 Å². The molecule has 9 heteroatoms. The van der Waals surface area contributed by atoms with Gasteiger partial charge in [-0.2, -0.15) is 4.98 Å². The van der Waals surface area contributed by atoms with E-state index < -0.39 is 14.5 Å². The van der Waals surface area contributed by atoms with Crippen molar-refractivity contribution < 1.29 is 8.95 Å². The molecule has 8 nitrogen and oxygen atoms in total. The van der Waals surface area contributed by atoms with Gasteiger partial charge in [0.05, 0.1) is 56.5 Å². The van der Waals surface area contributed by atoms with Crippen molar-refractivity contribution in [3.05, 3.63) is 41.9 Å². The van der Waals surface area contributed by atoms with Crippen molar-refractivity contribution >= 4 is 26.6 Å². The smallest absolute Gasteiger partial charge is 0.237 e. The Labute approximate surface area is 200 Å². The maximum atomic E-state index is 14.2. The minimum atomic E-state index is -2.42. The van der Waals surface area contributed by atoms with Gasteiger partial charge >= 0.3 is 0 Å². The van der Waals surface area contributed by atoms with Crippen LogP contribution in [-0.4, -0.2) is 61.3 Å². The highest BCUT2D eigenvalue weighted by Crippen LogP contribution is 2.45. The Morgan fingerprint density at radius 1 is 1.21 bits per heavy atom. The fourth-order valence-corrected chi connectivity index (χ4v) is 8.19. The van der Waals surface area contributed by atoms with E-state index >= 15 is 0 Å². The molecule has 2 saturated heterocycles. The number of para-hydroxylation sites is 2. The molecule has 0 radical (unpaired) electrons. The van der Waals surface area contributed by atoms with Crippen molar-refractivity contribution in [2.24, 2.45) is 4.36 Å². The van der Waals surface area contributed by atoms with E-state index in [2.05, 4.69) is 24.8 Å². The molecule has 1 unspecified atom stereocenters. The van der Waals surface area contributed by atoms with E-state index in [1.165, 1.54) is 0 Å². The number of fused-ring (bicyclic) bond motifs is 1. The van der Waals surface area contributed by atoms with Crippen LogP contribution in [0.1, 0.15) is 51.0 Å². The number of rotatable bonds is 4. The van der Waals surface area contributed by atoms with Crippen molar-refractivity contribution in [3.8, 4) is 5.95 Å². The van der Waals surface area contributed by atoms with Crippen molar-refractivity contribution in [1.82, 2.24) is 19.5 Å². The second-order valence-corrected chi connectivity index (χ2v) is 12.8. The van der Waals surface area contributed by atoms with E-state index in [4.69, 9.17) is 24.1 Å². The van der Waals surface area contributed by atoms with Crippen LogP contribution in [0.2, 0.25) is 0 Å². The minimum Gasteiger partial charge on any atom is -0.377 e. The minimum absolute atomic E-state index is 0.196. The highest BCUT2D eigenvalue weighted by molar-refractivity contribution is 7.94. The highest BCUT2D eigenvalue weighted by Gasteiger charge is 2.46. The third kappa shape index (κ3) is 3.51. The Balaban J connectivity index is 1.57. The summed E-state index contributed by atoms with van der Waals surface area (Å²) >= 11 is 0. The molecule has 3 aromatic rings. The maximum absolute atomic E-state index is 14.2. The van der Waals surface area contributed by atoms with Gasteiger partial charge in [-0.25, -0.2) is 18.5 Å². The summed E-state index contributed by atoms with van der Waals surface area (Å²) in [6, 6.07) is 10.6. The van der Waals surface area contributed by atoms with Crippen LogP contribution in [0.3, 0.4) is 0 Å². The number of aromatic nitrogens is 4. The number of nitrogens with zero attached hydrogens (tertiary/aromatic N) is 6. The molecule has 2 aromatic heterocycles. The Hall–Kier alpha value is -2.52. The molecule has 3 atom stereocenters. The van der Waals surface area contributed by atoms with E-state index in [1.54, 1.807) is 0 Å². The molecule has 34 heavy (non-hydrogen) atoms. The zero-order valence-electron chi connectivity index (χ0n) is 20.1. The first-order valence-corrected chi connectivity index (χ1v) is 14.0. The lowest BCUT2D eigenvalue weighted by atomic mass is 10.0. The highest BCUT2D eigenvalue weighted by atomic mass is 32.2. The standard InChI is InChI=1S/C25H32N6O2S/c1-17-16-33-13-12-30(17)23-15-22(25(3)11-6-14-34(25,32)29-19-9-10-19)27-24(28-23)31-18(2)26-20-7-4-5-8-21(20)31/h4-5,7-8,15,17,19H,6,9-14,16H2,1-3H3/t17-,25+,34?/m1/s1.